The second-order valence-electron chi connectivity index (χ2n) is 5.24. The van der Waals surface area contributed by atoms with E-state index < -0.39 is 0 Å². The minimum Gasteiger partial charge on any atom is -0.378 e. The van der Waals surface area contributed by atoms with Crippen molar-refractivity contribution in [2.45, 2.75) is 50.7 Å². The third kappa shape index (κ3) is 6.07. The molecular weight excluding hydrogens is 271 g/mol. The maximum atomic E-state index is 5.65. The smallest absolute Gasteiger partial charge is 0.0576 e. The van der Waals surface area contributed by atoms with Gasteiger partial charge in [0.15, 0.2) is 0 Å². The molecule has 0 spiro atoms. The van der Waals surface area contributed by atoms with Gasteiger partial charge in [-0.25, -0.2) is 0 Å². The van der Waals surface area contributed by atoms with Gasteiger partial charge in [-0.3, -0.25) is 0 Å². The Morgan fingerprint density at radius 1 is 1.17 bits per heavy atom. The van der Waals surface area contributed by atoms with Gasteiger partial charge >= 0.3 is 0 Å². The van der Waals surface area contributed by atoms with E-state index in [4.69, 9.17) is 4.74 Å². The molecule has 3 nitrogen and oxygen atoms in total. The van der Waals surface area contributed by atoms with Crippen LogP contribution in [0.15, 0.2) is 0 Å². The van der Waals surface area contributed by atoms with Gasteiger partial charge < -0.3 is 15.0 Å². The zero-order valence-electron chi connectivity index (χ0n) is 11.4. The van der Waals surface area contributed by atoms with Crippen LogP contribution in [0.25, 0.3) is 0 Å². The van der Waals surface area contributed by atoms with Gasteiger partial charge in [-0.1, -0.05) is 0 Å². The Kier molecular flexibility index (Phi) is 10.5. The van der Waals surface area contributed by atoms with Crippen molar-refractivity contribution in [1.29, 1.82) is 0 Å². The van der Waals surface area contributed by atoms with Crippen LogP contribution in [0.5, 0.6) is 0 Å². The molecule has 0 aromatic rings. The number of nitrogens with one attached hydrogen (secondary N) is 1. The Labute approximate surface area is 124 Å². The van der Waals surface area contributed by atoms with Crippen molar-refractivity contribution in [3.8, 4) is 0 Å². The second-order valence-corrected chi connectivity index (χ2v) is 5.24. The average Bonchev–Trinajstić information content (AvgIpc) is 2.83. The SMILES string of the molecule is CN(CCCC1CCCO1)C1CCNCC1.Cl.Cl. The van der Waals surface area contributed by atoms with Crippen LogP contribution in [0.3, 0.4) is 0 Å². The lowest BCUT2D eigenvalue weighted by Gasteiger charge is -2.31. The molecule has 2 heterocycles. The summed E-state index contributed by atoms with van der Waals surface area (Å²) in [7, 11) is 2.28. The van der Waals surface area contributed by atoms with Gasteiger partial charge in [-0.2, -0.15) is 0 Å². The highest BCUT2D eigenvalue weighted by atomic mass is 35.5. The third-order valence-electron chi connectivity index (χ3n) is 3.99. The molecule has 110 valence electrons. The van der Waals surface area contributed by atoms with Crippen LogP contribution in [0.2, 0.25) is 0 Å². The van der Waals surface area contributed by atoms with Crippen LogP contribution >= 0.6 is 24.8 Å². The van der Waals surface area contributed by atoms with Crippen LogP contribution in [-0.4, -0.2) is 50.3 Å². The fraction of sp³-hybridized carbons (Fsp3) is 1.00. The van der Waals surface area contributed by atoms with Gasteiger partial charge in [0.1, 0.15) is 0 Å². The number of halogens is 2. The molecule has 0 aromatic carbocycles. The predicted octanol–water partition coefficient (Wildman–Crippen LogP) is 2.47. The summed E-state index contributed by atoms with van der Waals surface area (Å²) in [5, 5.41) is 3.42. The van der Waals surface area contributed by atoms with Crippen molar-refractivity contribution in [2.24, 2.45) is 0 Å². The van der Waals surface area contributed by atoms with E-state index in [0.29, 0.717) is 6.10 Å². The summed E-state index contributed by atoms with van der Waals surface area (Å²) in [6, 6.07) is 0.811. The summed E-state index contributed by atoms with van der Waals surface area (Å²) in [5.41, 5.74) is 0. The van der Waals surface area contributed by atoms with E-state index in [0.717, 1.165) is 12.6 Å². The Morgan fingerprint density at radius 2 is 1.89 bits per heavy atom. The Morgan fingerprint density at radius 3 is 2.50 bits per heavy atom. The molecule has 0 bridgehead atoms. The Bertz CT molecular complexity index is 195. The summed E-state index contributed by atoms with van der Waals surface area (Å²) in [6.45, 7) is 4.63. The molecule has 2 fully saturated rings. The molecule has 5 heteroatoms. The van der Waals surface area contributed by atoms with E-state index in [-0.39, 0.29) is 24.8 Å². The Balaban J connectivity index is 0.00000144. The van der Waals surface area contributed by atoms with E-state index in [2.05, 4.69) is 17.3 Å². The zero-order chi connectivity index (χ0) is 11.2. The first-order valence-corrected chi connectivity index (χ1v) is 6.89. The highest BCUT2D eigenvalue weighted by Crippen LogP contribution is 2.17. The van der Waals surface area contributed by atoms with Crippen molar-refractivity contribution in [3.05, 3.63) is 0 Å². The highest BCUT2D eigenvalue weighted by Gasteiger charge is 2.19. The van der Waals surface area contributed by atoms with Crippen molar-refractivity contribution < 1.29 is 4.74 Å². The molecule has 1 atom stereocenters. The first-order chi connectivity index (χ1) is 7.86. The number of ether oxygens (including phenoxy) is 1. The van der Waals surface area contributed by atoms with Crippen LogP contribution in [0, 0.1) is 0 Å². The van der Waals surface area contributed by atoms with Gasteiger partial charge in [0.2, 0.25) is 0 Å². The minimum absolute atomic E-state index is 0. The van der Waals surface area contributed by atoms with Crippen molar-refractivity contribution in [2.75, 3.05) is 33.3 Å². The summed E-state index contributed by atoms with van der Waals surface area (Å²) >= 11 is 0. The van der Waals surface area contributed by atoms with Crippen molar-refractivity contribution >= 4 is 24.8 Å². The molecular formula is C13H28Cl2N2O. The molecule has 0 amide bonds. The largest absolute Gasteiger partial charge is 0.378 e. The lowest BCUT2D eigenvalue weighted by Crippen LogP contribution is -2.41. The number of rotatable bonds is 5. The van der Waals surface area contributed by atoms with Crippen LogP contribution in [0.1, 0.15) is 38.5 Å². The van der Waals surface area contributed by atoms with Crippen LogP contribution in [0.4, 0.5) is 0 Å². The molecule has 0 radical (unpaired) electrons. The van der Waals surface area contributed by atoms with Crippen LogP contribution in [-0.2, 0) is 4.74 Å². The molecule has 1 unspecified atom stereocenters. The quantitative estimate of drug-likeness (QED) is 0.844. The fourth-order valence-electron chi connectivity index (χ4n) is 2.87. The second kappa shape index (κ2) is 10.3. The molecule has 0 saturated carbocycles. The average molecular weight is 299 g/mol. The minimum atomic E-state index is 0. The first-order valence-electron chi connectivity index (χ1n) is 6.89. The van der Waals surface area contributed by atoms with Gasteiger partial charge in [-0.15, -0.1) is 24.8 Å². The predicted molar refractivity (Wildman–Crippen MR) is 81.2 cm³/mol. The summed E-state index contributed by atoms with van der Waals surface area (Å²) in [5.74, 6) is 0. The van der Waals surface area contributed by atoms with E-state index in [1.807, 2.05) is 0 Å². The topological polar surface area (TPSA) is 24.5 Å². The standard InChI is InChI=1S/C13H26N2O.2ClH/c1-15(12-6-8-14-9-7-12)10-2-4-13-5-3-11-16-13;;/h12-14H,2-11H2,1H3;2*1H. The van der Waals surface area contributed by atoms with E-state index >= 15 is 0 Å². The molecule has 2 aliphatic rings. The molecule has 0 aromatic heterocycles. The highest BCUT2D eigenvalue weighted by molar-refractivity contribution is 5.85. The van der Waals surface area contributed by atoms with Crippen molar-refractivity contribution in [1.82, 2.24) is 10.2 Å². The number of hydrogen-bond acceptors (Lipinski definition) is 3. The van der Waals surface area contributed by atoms with E-state index in [9.17, 15) is 0 Å². The van der Waals surface area contributed by atoms with E-state index in [1.54, 1.807) is 0 Å². The van der Waals surface area contributed by atoms with Gasteiger partial charge in [0.25, 0.3) is 0 Å². The molecule has 1 N–H and O–H groups in total. The summed E-state index contributed by atoms with van der Waals surface area (Å²) < 4.78 is 5.65. The molecule has 2 aliphatic heterocycles. The lowest BCUT2D eigenvalue weighted by molar-refractivity contribution is 0.0966. The van der Waals surface area contributed by atoms with Crippen LogP contribution < -0.4 is 5.32 Å². The zero-order valence-corrected chi connectivity index (χ0v) is 13.0. The lowest BCUT2D eigenvalue weighted by atomic mass is 10.0. The number of piperidine rings is 1. The molecule has 18 heavy (non-hydrogen) atoms. The number of nitrogens with zero attached hydrogens (tertiary/aromatic N) is 1. The fourth-order valence-corrected chi connectivity index (χ4v) is 2.87. The normalized spacial score (nSPS) is 24.7. The Hall–Kier alpha value is 0.460. The number of hydrogen-bond donors (Lipinski definition) is 1. The maximum Gasteiger partial charge on any atom is 0.0576 e. The summed E-state index contributed by atoms with van der Waals surface area (Å²) in [6.07, 6.45) is 8.32. The molecule has 2 rings (SSSR count). The third-order valence-corrected chi connectivity index (χ3v) is 3.99. The first kappa shape index (κ1) is 18.5. The van der Waals surface area contributed by atoms with Crippen molar-refractivity contribution in [3.63, 3.8) is 0 Å². The van der Waals surface area contributed by atoms with Gasteiger partial charge in [-0.05, 0) is 65.2 Å². The maximum absolute atomic E-state index is 5.65. The van der Waals surface area contributed by atoms with Gasteiger partial charge in [0, 0.05) is 12.6 Å². The van der Waals surface area contributed by atoms with E-state index in [1.165, 1.54) is 58.2 Å². The molecule has 0 aliphatic carbocycles. The molecule has 2 saturated heterocycles. The summed E-state index contributed by atoms with van der Waals surface area (Å²) in [4.78, 5) is 2.55. The monoisotopic (exact) mass is 298 g/mol. The van der Waals surface area contributed by atoms with Gasteiger partial charge in [0.05, 0.1) is 6.10 Å².